The molecule has 0 aliphatic carbocycles. The molecule has 30 heavy (non-hydrogen) atoms. The number of aliphatic hydroxyl groups is 1. The molecule has 1 aliphatic heterocycles. The van der Waals surface area contributed by atoms with Gasteiger partial charge in [0.25, 0.3) is 0 Å². The quantitative estimate of drug-likeness (QED) is 0.659. The monoisotopic (exact) mass is 466 g/mol. The number of benzene rings is 1. The van der Waals surface area contributed by atoms with Crippen molar-refractivity contribution in [1.29, 1.82) is 0 Å². The van der Waals surface area contributed by atoms with Crippen molar-refractivity contribution in [2.75, 3.05) is 38.2 Å². The number of carbonyl (C=O) groups is 1. The number of methoxy groups -OCH3 is 1. The van der Waals surface area contributed by atoms with Gasteiger partial charge in [-0.2, -0.15) is 18.3 Å². The van der Waals surface area contributed by atoms with Crippen molar-refractivity contribution in [3.63, 3.8) is 0 Å². The number of aliphatic hydroxyl groups excluding tert-OH is 1. The number of carbonyl (C=O) groups excluding carboxylic acids is 1. The molecular weight excluding hydrogens is 448 g/mol. The number of halogens is 5. The Hall–Kier alpha value is -2.01. The van der Waals surface area contributed by atoms with Crippen molar-refractivity contribution < 1.29 is 27.8 Å². The van der Waals surface area contributed by atoms with E-state index in [-0.39, 0.29) is 5.69 Å². The van der Waals surface area contributed by atoms with Gasteiger partial charge >= 0.3 is 6.18 Å². The zero-order valence-corrected chi connectivity index (χ0v) is 17.4. The average Bonchev–Trinajstić information content (AvgIpc) is 3.06. The molecule has 3 rings (SSSR count). The van der Waals surface area contributed by atoms with E-state index in [1.165, 1.54) is 7.11 Å². The fourth-order valence-electron chi connectivity index (χ4n) is 3.38. The van der Waals surface area contributed by atoms with Crippen molar-refractivity contribution in [2.24, 2.45) is 0 Å². The van der Waals surface area contributed by atoms with Crippen molar-refractivity contribution in [1.82, 2.24) is 14.7 Å². The standard InChI is InChI=1S/C18H19Cl2F3N4O3/c1-30-14-8-11(2-3-12(14)19)25-4-6-26(7-5-25)15(10-29)27-13(9-28)16(20)17(24-27)18(21,22)23/h2-3,8,10,15,28H,4-7,9H2,1H3. The van der Waals surface area contributed by atoms with Gasteiger partial charge in [-0.05, 0) is 12.1 Å². The topological polar surface area (TPSA) is 70.8 Å². The first-order chi connectivity index (χ1) is 14.2. The number of anilines is 1. The molecule has 2 aromatic rings. The summed E-state index contributed by atoms with van der Waals surface area (Å²) in [5, 5.41) is 12.8. The molecule has 1 fully saturated rings. The molecule has 7 nitrogen and oxygen atoms in total. The molecule has 0 saturated carbocycles. The van der Waals surface area contributed by atoms with Gasteiger partial charge in [0.2, 0.25) is 0 Å². The number of hydrogen-bond donors (Lipinski definition) is 1. The highest BCUT2D eigenvalue weighted by Gasteiger charge is 2.40. The lowest BCUT2D eigenvalue weighted by Crippen LogP contribution is -2.49. The Kier molecular flexibility index (Phi) is 6.81. The molecule has 12 heteroatoms. The number of ether oxygens (including phenoxy) is 1. The molecule has 1 saturated heterocycles. The fourth-order valence-corrected chi connectivity index (χ4v) is 3.87. The summed E-state index contributed by atoms with van der Waals surface area (Å²) >= 11 is 11.8. The summed E-state index contributed by atoms with van der Waals surface area (Å²) in [5.74, 6) is 0.529. The molecular formula is C18H19Cl2F3N4O3. The van der Waals surface area contributed by atoms with Gasteiger partial charge in [-0.3, -0.25) is 9.69 Å². The van der Waals surface area contributed by atoms with Crippen molar-refractivity contribution in [2.45, 2.75) is 18.9 Å². The first kappa shape index (κ1) is 22.7. The summed E-state index contributed by atoms with van der Waals surface area (Å²) in [6, 6.07) is 5.35. The zero-order valence-electron chi connectivity index (χ0n) is 15.9. The van der Waals surface area contributed by atoms with E-state index in [4.69, 9.17) is 27.9 Å². The first-order valence-electron chi connectivity index (χ1n) is 8.94. The summed E-state index contributed by atoms with van der Waals surface area (Å²) in [6.45, 7) is 0.975. The predicted molar refractivity (Wildman–Crippen MR) is 105 cm³/mol. The van der Waals surface area contributed by atoms with Crippen LogP contribution < -0.4 is 9.64 Å². The maximum absolute atomic E-state index is 13.1. The summed E-state index contributed by atoms with van der Waals surface area (Å²) in [4.78, 5) is 15.5. The summed E-state index contributed by atoms with van der Waals surface area (Å²) in [7, 11) is 1.51. The molecule has 1 aliphatic rings. The normalized spacial score (nSPS) is 16.6. The molecule has 2 heterocycles. The predicted octanol–water partition coefficient (Wildman–Crippen LogP) is 3.23. The van der Waals surface area contributed by atoms with E-state index >= 15 is 0 Å². The molecule has 1 N–H and O–H groups in total. The average molecular weight is 467 g/mol. The molecule has 1 aromatic carbocycles. The molecule has 164 valence electrons. The molecule has 1 atom stereocenters. The minimum absolute atomic E-state index is 0.258. The number of piperazine rings is 1. The maximum Gasteiger partial charge on any atom is 0.436 e. The van der Waals surface area contributed by atoms with Gasteiger partial charge < -0.3 is 14.7 Å². The number of rotatable bonds is 6. The summed E-state index contributed by atoms with van der Waals surface area (Å²) in [6.07, 6.45) is -5.43. The van der Waals surface area contributed by atoms with E-state index in [1.54, 1.807) is 17.0 Å². The van der Waals surface area contributed by atoms with Crippen LogP contribution in [-0.2, 0) is 17.6 Å². The maximum atomic E-state index is 13.1. The van der Waals surface area contributed by atoms with E-state index in [2.05, 4.69) is 5.10 Å². The lowest BCUT2D eigenvalue weighted by Gasteiger charge is -2.38. The van der Waals surface area contributed by atoms with Crippen LogP contribution in [0.4, 0.5) is 18.9 Å². The van der Waals surface area contributed by atoms with Gasteiger partial charge in [0.05, 0.1) is 29.5 Å². The Morgan fingerprint density at radius 1 is 1.27 bits per heavy atom. The largest absolute Gasteiger partial charge is 0.495 e. The van der Waals surface area contributed by atoms with Gasteiger partial charge in [0.15, 0.2) is 18.1 Å². The second-order valence-corrected chi connectivity index (χ2v) is 7.39. The SMILES string of the molecule is COc1cc(N2CCN(C(C=O)n3nc(C(F)(F)F)c(Cl)c3CO)CC2)ccc1Cl. The van der Waals surface area contributed by atoms with Gasteiger partial charge in [0.1, 0.15) is 5.75 Å². The van der Waals surface area contributed by atoms with Crippen molar-refractivity contribution >= 4 is 35.2 Å². The Bertz CT molecular complexity index is 915. The second kappa shape index (κ2) is 9.01. The number of hydrogen-bond acceptors (Lipinski definition) is 6. The van der Waals surface area contributed by atoms with Crippen LogP contribution in [0.15, 0.2) is 18.2 Å². The van der Waals surface area contributed by atoms with Crippen LogP contribution >= 0.6 is 23.2 Å². The number of nitrogens with zero attached hydrogens (tertiary/aromatic N) is 4. The third-order valence-corrected chi connectivity index (χ3v) is 5.63. The lowest BCUT2D eigenvalue weighted by molar-refractivity contribution is -0.142. The molecule has 0 bridgehead atoms. The smallest absolute Gasteiger partial charge is 0.436 e. The first-order valence-corrected chi connectivity index (χ1v) is 9.69. The Labute approximate surface area is 180 Å². The zero-order chi connectivity index (χ0) is 22.1. The second-order valence-electron chi connectivity index (χ2n) is 6.60. The van der Waals surface area contributed by atoms with Crippen LogP contribution in [0.25, 0.3) is 0 Å². The Morgan fingerprint density at radius 3 is 2.47 bits per heavy atom. The molecule has 1 unspecified atom stereocenters. The summed E-state index contributed by atoms with van der Waals surface area (Å²) < 4.78 is 45.5. The number of aldehydes is 1. The van der Waals surface area contributed by atoms with Gasteiger partial charge in [0, 0.05) is 37.9 Å². The van der Waals surface area contributed by atoms with Crippen LogP contribution in [0.5, 0.6) is 5.75 Å². The third kappa shape index (κ3) is 4.36. The van der Waals surface area contributed by atoms with E-state index < -0.39 is 29.7 Å². The van der Waals surface area contributed by atoms with Crippen LogP contribution in [0, 0.1) is 0 Å². The van der Waals surface area contributed by atoms with Gasteiger partial charge in [-0.25, -0.2) is 4.68 Å². The fraction of sp³-hybridized carbons (Fsp3) is 0.444. The molecule has 0 amide bonds. The Morgan fingerprint density at radius 2 is 1.93 bits per heavy atom. The Balaban J connectivity index is 1.80. The highest BCUT2D eigenvalue weighted by Crippen LogP contribution is 2.37. The molecule has 0 radical (unpaired) electrons. The third-order valence-electron chi connectivity index (χ3n) is 4.92. The minimum atomic E-state index is -4.80. The van der Waals surface area contributed by atoms with Crippen LogP contribution in [0.1, 0.15) is 17.6 Å². The van der Waals surface area contributed by atoms with E-state index in [0.717, 1.165) is 10.4 Å². The van der Waals surface area contributed by atoms with E-state index in [9.17, 15) is 23.1 Å². The van der Waals surface area contributed by atoms with Crippen LogP contribution in [0.2, 0.25) is 10.0 Å². The summed E-state index contributed by atoms with van der Waals surface area (Å²) in [5.41, 5.74) is -0.714. The van der Waals surface area contributed by atoms with E-state index in [0.29, 0.717) is 43.2 Å². The number of alkyl halides is 3. The van der Waals surface area contributed by atoms with Crippen molar-refractivity contribution in [3.8, 4) is 5.75 Å². The van der Waals surface area contributed by atoms with E-state index in [1.807, 2.05) is 11.0 Å². The number of aromatic nitrogens is 2. The minimum Gasteiger partial charge on any atom is -0.495 e. The van der Waals surface area contributed by atoms with Gasteiger partial charge in [-0.1, -0.05) is 23.2 Å². The lowest BCUT2D eigenvalue weighted by atomic mass is 10.2. The molecule has 1 aromatic heterocycles. The highest BCUT2D eigenvalue weighted by atomic mass is 35.5. The van der Waals surface area contributed by atoms with Crippen molar-refractivity contribution in [3.05, 3.63) is 39.6 Å². The van der Waals surface area contributed by atoms with Gasteiger partial charge in [-0.15, -0.1) is 0 Å². The highest BCUT2D eigenvalue weighted by molar-refractivity contribution is 6.32. The van der Waals surface area contributed by atoms with Crippen LogP contribution in [-0.4, -0.2) is 59.4 Å². The molecule has 0 spiro atoms. The van der Waals surface area contributed by atoms with Crippen LogP contribution in [0.3, 0.4) is 0 Å².